The molecule has 0 spiro atoms. The summed E-state index contributed by atoms with van der Waals surface area (Å²) >= 11 is 7.48. The van der Waals surface area contributed by atoms with Gasteiger partial charge in [0.1, 0.15) is 5.25 Å². The number of halogens is 1. The number of carbonyl (C=O) groups is 2. The van der Waals surface area contributed by atoms with Gasteiger partial charge < -0.3 is 0 Å². The van der Waals surface area contributed by atoms with Crippen LogP contribution in [0.4, 0.5) is 0 Å². The van der Waals surface area contributed by atoms with E-state index >= 15 is 0 Å². The third kappa shape index (κ3) is 3.33. The molecule has 0 radical (unpaired) electrons. The van der Waals surface area contributed by atoms with Crippen molar-refractivity contribution < 1.29 is 18.0 Å². The van der Waals surface area contributed by atoms with E-state index in [1.165, 1.54) is 23.9 Å². The topological polar surface area (TPSA) is 68.3 Å². The number of rotatable bonds is 3. The molecule has 4 nitrogen and oxygen atoms in total. The highest BCUT2D eigenvalue weighted by molar-refractivity contribution is 8.01. The third-order valence-electron chi connectivity index (χ3n) is 3.38. The molecule has 1 aromatic rings. The smallest absolute Gasteiger partial charge is 0.184 e. The fraction of sp³-hybridized carbons (Fsp3) is 0.429. The van der Waals surface area contributed by atoms with Crippen molar-refractivity contribution >= 4 is 44.8 Å². The minimum Gasteiger partial charge on any atom is -0.298 e. The summed E-state index contributed by atoms with van der Waals surface area (Å²) in [5.74, 6) is 0.343. The maximum absolute atomic E-state index is 12.5. The molecule has 0 bridgehead atoms. The molecule has 1 fully saturated rings. The molecular formula is C14H15ClO4S2. The first-order valence-corrected chi connectivity index (χ1v) is 9.73. The molecule has 0 N–H and O–H groups in total. The number of ketones is 2. The standard InChI is InChI=1S/C14H15ClO4S2/c1-8-11(21(2,18)19)6-5-9(12(8)15)13(17)14-10(16)4-3-7-20-14/h5-6,14H,3-4,7H2,1-2H3. The van der Waals surface area contributed by atoms with E-state index in [9.17, 15) is 18.0 Å². The number of Topliss-reactive ketones (excluding diaryl/α,β-unsaturated/α-hetero) is 2. The maximum atomic E-state index is 12.5. The van der Waals surface area contributed by atoms with Crippen molar-refractivity contribution in [1.29, 1.82) is 0 Å². The lowest BCUT2D eigenvalue weighted by Gasteiger charge is -2.20. The third-order valence-corrected chi connectivity index (χ3v) is 6.45. The molecule has 2 rings (SSSR count). The van der Waals surface area contributed by atoms with E-state index in [2.05, 4.69) is 0 Å². The fourth-order valence-electron chi connectivity index (χ4n) is 2.29. The summed E-state index contributed by atoms with van der Waals surface area (Å²) in [6.07, 6.45) is 2.28. The zero-order chi connectivity index (χ0) is 15.8. The van der Waals surface area contributed by atoms with E-state index in [0.29, 0.717) is 12.0 Å². The van der Waals surface area contributed by atoms with Crippen LogP contribution in [0.5, 0.6) is 0 Å². The molecule has 1 heterocycles. The number of thioether (sulfide) groups is 1. The van der Waals surface area contributed by atoms with Gasteiger partial charge in [-0.25, -0.2) is 8.42 Å². The van der Waals surface area contributed by atoms with Crippen LogP contribution in [-0.2, 0) is 14.6 Å². The van der Waals surface area contributed by atoms with Gasteiger partial charge in [-0.05, 0) is 36.8 Å². The van der Waals surface area contributed by atoms with Crippen molar-refractivity contribution in [1.82, 2.24) is 0 Å². The van der Waals surface area contributed by atoms with Gasteiger partial charge in [0.05, 0.1) is 9.92 Å². The number of hydrogen-bond acceptors (Lipinski definition) is 5. The highest BCUT2D eigenvalue weighted by Gasteiger charge is 2.32. The van der Waals surface area contributed by atoms with Gasteiger partial charge in [-0.2, -0.15) is 0 Å². The molecule has 1 aliphatic heterocycles. The summed E-state index contributed by atoms with van der Waals surface area (Å²) in [7, 11) is -3.40. The first kappa shape index (κ1) is 16.5. The van der Waals surface area contributed by atoms with Crippen LogP contribution in [-0.4, -0.2) is 37.2 Å². The average Bonchev–Trinajstić information content (AvgIpc) is 2.40. The van der Waals surface area contributed by atoms with E-state index in [0.717, 1.165) is 18.4 Å². The van der Waals surface area contributed by atoms with Crippen LogP contribution in [0.2, 0.25) is 5.02 Å². The molecule has 1 atom stereocenters. The largest absolute Gasteiger partial charge is 0.298 e. The summed E-state index contributed by atoms with van der Waals surface area (Å²) in [4.78, 5) is 24.4. The van der Waals surface area contributed by atoms with Crippen LogP contribution >= 0.6 is 23.4 Å². The minimum atomic E-state index is -3.40. The fourth-order valence-corrected chi connectivity index (χ4v) is 4.71. The first-order chi connectivity index (χ1) is 9.73. The number of carbonyl (C=O) groups excluding carboxylic acids is 2. The molecule has 7 heteroatoms. The van der Waals surface area contributed by atoms with Crippen LogP contribution in [0.15, 0.2) is 17.0 Å². The highest BCUT2D eigenvalue weighted by atomic mass is 35.5. The Morgan fingerprint density at radius 1 is 1.38 bits per heavy atom. The normalized spacial score (nSPS) is 19.6. The second-order valence-electron chi connectivity index (χ2n) is 5.01. The molecule has 0 aliphatic carbocycles. The summed E-state index contributed by atoms with van der Waals surface area (Å²) in [5.41, 5.74) is 0.563. The molecule has 1 unspecified atom stereocenters. The van der Waals surface area contributed by atoms with E-state index in [4.69, 9.17) is 11.6 Å². The van der Waals surface area contributed by atoms with Crippen molar-refractivity contribution in [2.45, 2.75) is 29.9 Å². The van der Waals surface area contributed by atoms with Crippen LogP contribution in [0.25, 0.3) is 0 Å². The highest BCUT2D eigenvalue weighted by Crippen LogP contribution is 2.32. The quantitative estimate of drug-likeness (QED) is 0.621. The number of hydrogen-bond donors (Lipinski definition) is 0. The van der Waals surface area contributed by atoms with Crippen LogP contribution in [0.1, 0.15) is 28.8 Å². The zero-order valence-electron chi connectivity index (χ0n) is 11.7. The lowest BCUT2D eigenvalue weighted by molar-refractivity contribution is -0.118. The number of benzene rings is 1. The molecule has 0 aromatic heterocycles. The van der Waals surface area contributed by atoms with Crippen molar-refractivity contribution in [3.05, 3.63) is 28.3 Å². The van der Waals surface area contributed by atoms with E-state index in [1.54, 1.807) is 6.92 Å². The predicted molar refractivity (Wildman–Crippen MR) is 84.1 cm³/mol. The molecule has 1 aliphatic rings. The molecule has 1 saturated heterocycles. The second kappa shape index (κ2) is 6.10. The Morgan fingerprint density at radius 3 is 2.62 bits per heavy atom. The van der Waals surface area contributed by atoms with Gasteiger partial charge in [-0.3, -0.25) is 9.59 Å². The van der Waals surface area contributed by atoms with Gasteiger partial charge in [-0.15, -0.1) is 11.8 Å². The van der Waals surface area contributed by atoms with Crippen LogP contribution in [0, 0.1) is 6.92 Å². The Labute approximate surface area is 133 Å². The maximum Gasteiger partial charge on any atom is 0.184 e. The van der Waals surface area contributed by atoms with Gasteiger partial charge >= 0.3 is 0 Å². The Hall–Kier alpha value is -0.850. The number of sulfone groups is 1. The molecule has 0 amide bonds. The zero-order valence-corrected chi connectivity index (χ0v) is 14.1. The Morgan fingerprint density at radius 2 is 2.05 bits per heavy atom. The Kier molecular flexibility index (Phi) is 4.80. The monoisotopic (exact) mass is 346 g/mol. The summed E-state index contributed by atoms with van der Waals surface area (Å²) in [5, 5.41) is -0.610. The molecule has 21 heavy (non-hydrogen) atoms. The van der Waals surface area contributed by atoms with Gasteiger partial charge in [-0.1, -0.05) is 11.6 Å². The van der Waals surface area contributed by atoms with Crippen molar-refractivity contribution in [3.8, 4) is 0 Å². The van der Waals surface area contributed by atoms with E-state index < -0.39 is 15.1 Å². The van der Waals surface area contributed by atoms with Crippen molar-refractivity contribution in [2.24, 2.45) is 0 Å². The minimum absolute atomic E-state index is 0.0860. The van der Waals surface area contributed by atoms with Gasteiger partial charge in [0.15, 0.2) is 21.4 Å². The first-order valence-electron chi connectivity index (χ1n) is 6.41. The average molecular weight is 347 g/mol. The van der Waals surface area contributed by atoms with Crippen LogP contribution in [0.3, 0.4) is 0 Å². The van der Waals surface area contributed by atoms with Gasteiger partial charge in [0.2, 0.25) is 0 Å². The lowest BCUT2D eigenvalue weighted by Crippen LogP contribution is -2.31. The summed E-state index contributed by atoms with van der Waals surface area (Å²) in [6, 6.07) is 2.78. The predicted octanol–water partition coefficient (Wildman–Crippen LogP) is 2.70. The second-order valence-corrected chi connectivity index (χ2v) is 8.58. The Bertz CT molecular complexity index is 710. The molecule has 114 valence electrons. The van der Waals surface area contributed by atoms with Gasteiger partial charge in [0.25, 0.3) is 0 Å². The molecular weight excluding hydrogens is 332 g/mol. The summed E-state index contributed by atoms with van der Waals surface area (Å²) in [6.45, 7) is 1.56. The Balaban J connectivity index is 2.44. The SMILES string of the molecule is Cc1c(S(C)(=O)=O)ccc(C(=O)C2SCCCC2=O)c1Cl. The van der Waals surface area contributed by atoms with Gasteiger partial charge in [0, 0.05) is 18.2 Å². The molecule has 1 aromatic carbocycles. The lowest BCUT2D eigenvalue weighted by atomic mass is 10.0. The van der Waals surface area contributed by atoms with E-state index in [-0.39, 0.29) is 27.0 Å². The van der Waals surface area contributed by atoms with Crippen molar-refractivity contribution in [2.75, 3.05) is 12.0 Å². The van der Waals surface area contributed by atoms with Crippen molar-refractivity contribution in [3.63, 3.8) is 0 Å². The molecule has 0 saturated carbocycles. The van der Waals surface area contributed by atoms with Crippen LogP contribution < -0.4 is 0 Å². The summed E-state index contributed by atoms with van der Waals surface area (Å²) < 4.78 is 23.3. The van der Waals surface area contributed by atoms with E-state index in [1.807, 2.05) is 0 Å².